The van der Waals surface area contributed by atoms with Gasteiger partial charge in [-0.05, 0) is 23.3 Å². The van der Waals surface area contributed by atoms with Gasteiger partial charge >= 0.3 is 5.97 Å². The van der Waals surface area contributed by atoms with Gasteiger partial charge in [-0.2, -0.15) is 0 Å². The summed E-state index contributed by atoms with van der Waals surface area (Å²) in [5, 5.41) is 1.91. The lowest BCUT2D eigenvalue weighted by Crippen LogP contribution is -2.47. The lowest BCUT2D eigenvalue weighted by atomic mass is 9.96. The standard InChI is InChI=1S/C14H15NO3/c1-17-14(15)7-6-9-2-3-10-4-5-12(16)18-13(10)11(9)8-14/h2-3,6,8H,4-5,7,15H2,1H3. The summed E-state index contributed by atoms with van der Waals surface area (Å²) in [6.45, 7) is 0. The molecule has 0 amide bonds. The number of benzene rings is 1. The maximum atomic E-state index is 11.4. The smallest absolute Gasteiger partial charge is 0.311 e. The van der Waals surface area contributed by atoms with Gasteiger partial charge in [0.25, 0.3) is 0 Å². The van der Waals surface area contributed by atoms with Crippen LogP contribution in [0.5, 0.6) is 5.75 Å². The summed E-state index contributed by atoms with van der Waals surface area (Å²) in [5.41, 5.74) is 6.33. The van der Waals surface area contributed by atoms with Gasteiger partial charge in [-0.1, -0.05) is 18.2 Å². The van der Waals surface area contributed by atoms with Crippen molar-refractivity contribution in [3.05, 3.63) is 28.1 Å². The molecule has 4 nitrogen and oxygen atoms in total. The molecule has 94 valence electrons. The van der Waals surface area contributed by atoms with Crippen LogP contribution < -0.4 is 20.9 Å². The minimum absolute atomic E-state index is 0.185. The quantitative estimate of drug-likeness (QED) is 0.423. The van der Waals surface area contributed by atoms with Gasteiger partial charge in [0.05, 0.1) is 6.42 Å². The van der Waals surface area contributed by atoms with Gasteiger partial charge in [0.1, 0.15) is 11.5 Å². The second-order valence-corrected chi connectivity index (χ2v) is 4.74. The van der Waals surface area contributed by atoms with Crippen molar-refractivity contribution in [3.63, 3.8) is 0 Å². The summed E-state index contributed by atoms with van der Waals surface area (Å²) in [4.78, 5) is 11.4. The summed E-state index contributed by atoms with van der Waals surface area (Å²) in [6.07, 6.45) is 5.64. The minimum atomic E-state index is -0.814. The number of methoxy groups -OCH3 is 1. The monoisotopic (exact) mass is 245 g/mol. The molecule has 1 unspecified atom stereocenters. The highest BCUT2D eigenvalue weighted by atomic mass is 16.5. The number of aryl methyl sites for hydroxylation is 1. The van der Waals surface area contributed by atoms with Gasteiger partial charge < -0.3 is 9.47 Å². The number of hydrogen-bond acceptors (Lipinski definition) is 4. The Labute approximate surface area is 105 Å². The van der Waals surface area contributed by atoms with Crippen molar-refractivity contribution in [3.8, 4) is 5.75 Å². The van der Waals surface area contributed by atoms with Gasteiger partial charge in [-0.3, -0.25) is 10.5 Å². The van der Waals surface area contributed by atoms with E-state index >= 15 is 0 Å². The summed E-state index contributed by atoms with van der Waals surface area (Å²) in [5.74, 6) is 0.460. The SMILES string of the molecule is COC1(N)C=c2c3c(ccc2=CC1)CCC(=O)O3. The zero-order chi connectivity index (χ0) is 12.8. The summed E-state index contributed by atoms with van der Waals surface area (Å²) in [7, 11) is 1.58. The Morgan fingerprint density at radius 1 is 1.39 bits per heavy atom. The fourth-order valence-electron chi connectivity index (χ4n) is 2.42. The Balaban J connectivity index is 2.26. The third-order valence-corrected chi connectivity index (χ3v) is 3.54. The van der Waals surface area contributed by atoms with Crippen LogP contribution in [0.2, 0.25) is 0 Å². The van der Waals surface area contributed by atoms with Gasteiger partial charge in [0.2, 0.25) is 0 Å². The number of hydrogen-bond donors (Lipinski definition) is 1. The Hall–Kier alpha value is -1.65. The predicted molar refractivity (Wildman–Crippen MR) is 67.1 cm³/mol. The van der Waals surface area contributed by atoms with E-state index in [2.05, 4.69) is 0 Å². The van der Waals surface area contributed by atoms with E-state index in [4.69, 9.17) is 15.2 Å². The first-order valence-corrected chi connectivity index (χ1v) is 6.01. The second-order valence-electron chi connectivity index (χ2n) is 4.74. The van der Waals surface area contributed by atoms with Crippen molar-refractivity contribution in [1.29, 1.82) is 0 Å². The van der Waals surface area contributed by atoms with Crippen LogP contribution in [0.3, 0.4) is 0 Å². The van der Waals surface area contributed by atoms with Crippen LogP contribution in [-0.4, -0.2) is 18.8 Å². The molecule has 0 spiro atoms. The number of nitrogens with two attached hydrogens (primary N) is 1. The molecular formula is C14H15NO3. The first-order valence-electron chi connectivity index (χ1n) is 6.01. The topological polar surface area (TPSA) is 61.5 Å². The Morgan fingerprint density at radius 3 is 3.00 bits per heavy atom. The van der Waals surface area contributed by atoms with Crippen LogP contribution in [0, 0.1) is 0 Å². The molecule has 1 aliphatic carbocycles. The third-order valence-electron chi connectivity index (χ3n) is 3.54. The number of fused-ring (bicyclic) bond motifs is 3. The molecule has 1 heterocycles. The van der Waals surface area contributed by atoms with Crippen molar-refractivity contribution in [1.82, 2.24) is 0 Å². The summed E-state index contributed by atoms with van der Waals surface area (Å²) >= 11 is 0. The second kappa shape index (κ2) is 3.93. The molecule has 1 aromatic rings. The molecule has 1 aromatic carbocycles. The van der Waals surface area contributed by atoms with Crippen molar-refractivity contribution in [2.75, 3.05) is 7.11 Å². The molecule has 0 radical (unpaired) electrons. The van der Waals surface area contributed by atoms with Crippen LogP contribution in [0.25, 0.3) is 12.2 Å². The molecule has 0 fully saturated rings. The minimum Gasteiger partial charge on any atom is -0.426 e. The molecule has 4 heteroatoms. The number of carbonyl (C=O) groups is 1. The van der Waals surface area contributed by atoms with Gasteiger partial charge in [0.15, 0.2) is 0 Å². The zero-order valence-corrected chi connectivity index (χ0v) is 10.2. The molecule has 2 N–H and O–H groups in total. The van der Waals surface area contributed by atoms with Crippen LogP contribution in [0.1, 0.15) is 18.4 Å². The molecule has 2 aliphatic rings. The molecule has 1 aliphatic heterocycles. The molecule has 18 heavy (non-hydrogen) atoms. The average Bonchev–Trinajstić information content (AvgIpc) is 2.39. The summed E-state index contributed by atoms with van der Waals surface area (Å²) < 4.78 is 10.7. The lowest BCUT2D eigenvalue weighted by molar-refractivity contribution is -0.135. The van der Waals surface area contributed by atoms with Crippen LogP contribution >= 0.6 is 0 Å². The number of ether oxygens (including phenoxy) is 2. The average molecular weight is 245 g/mol. The number of esters is 1. The van der Waals surface area contributed by atoms with Crippen LogP contribution in [-0.2, 0) is 16.0 Å². The van der Waals surface area contributed by atoms with Crippen molar-refractivity contribution < 1.29 is 14.3 Å². The molecule has 0 bridgehead atoms. The van der Waals surface area contributed by atoms with E-state index < -0.39 is 5.72 Å². The highest BCUT2D eigenvalue weighted by Crippen LogP contribution is 2.22. The highest BCUT2D eigenvalue weighted by Gasteiger charge is 2.25. The van der Waals surface area contributed by atoms with Crippen molar-refractivity contribution >= 4 is 18.1 Å². The van der Waals surface area contributed by atoms with E-state index in [1.54, 1.807) is 7.11 Å². The number of rotatable bonds is 1. The first-order chi connectivity index (χ1) is 8.61. The van der Waals surface area contributed by atoms with E-state index in [0.717, 1.165) is 22.4 Å². The van der Waals surface area contributed by atoms with Crippen LogP contribution in [0.15, 0.2) is 12.1 Å². The molecule has 0 saturated heterocycles. The van der Waals surface area contributed by atoms with Gasteiger partial charge in [-0.25, -0.2) is 0 Å². The molecule has 3 rings (SSSR count). The first kappa shape index (κ1) is 11.4. The van der Waals surface area contributed by atoms with Gasteiger partial charge in [0, 0.05) is 18.7 Å². The largest absolute Gasteiger partial charge is 0.426 e. The summed E-state index contributed by atoms with van der Waals surface area (Å²) in [6, 6.07) is 4.06. The normalized spacial score (nSPS) is 25.3. The maximum Gasteiger partial charge on any atom is 0.311 e. The van der Waals surface area contributed by atoms with Gasteiger partial charge in [-0.15, -0.1) is 0 Å². The zero-order valence-electron chi connectivity index (χ0n) is 10.2. The molecular weight excluding hydrogens is 230 g/mol. The highest BCUT2D eigenvalue weighted by molar-refractivity contribution is 5.76. The van der Waals surface area contributed by atoms with E-state index in [-0.39, 0.29) is 5.97 Å². The van der Waals surface area contributed by atoms with E-state index in [0.29, 0.717) is 18.6 Å². The van der Waals surface area contributed by atoms with E-state index in [9.17, 15) is 4.79 Å². The van der Waals surface area contributed by atoms with Crippen LogP contribution in [0.4, 0.5) is 0 Å². The van der Waals surface area contributed by atoms with E-state index in [1.807, 2.05) is 24.3 Å². The Morgan fingerprint density at radius 2 is 2.22 bits per heavy atom. The Kier molecular flexibility index (Phi) is 2.50. The Bertz CT molecular complexity index is 635. The molecule has 0 aromatic heterocycles. The predicted octanol–water partition coefficient (Wildman–Crippen LogP) is -0.196. The third kappa shape index (κ3) is 1.74. The maximum absolute atomic E-state index is 11.4. The fourth-order valence-corrected chi connectivity index (χ4v) is 2.42. The molecule has 1 atom stereocenters. The lowest BCUT2D eigenvalue weighted by Gasteiger charge is -2.26. The van der Waals surface area contributed by atoms with Crippen molar-refractivity contribution in [2.45, 2.75) is 25.0 Å². The molecule has 0 saturated carbocycles. The fraction of sp³-hybridized carbons (Fsp3) is 0.357. The number of carbonyl (C=O) groups excluding carboxylic acids is 1. The van der Waals surface area contributed by atoms with Crippen molar-refractivity contribution in [2.24, 2.45) is 5.73 Å². The van der Waals surface area contributed by atoms with E-state index in [1.165, 1.54) is 0 Å².